The van der Waals surface area contributed by atoms with Crippen molar-refractivity contribution in [3.63, 3.8) is 0 Å². The van der Waals surface area contributed by atoms with E-state index in [2.05, 4.69) is 31.9 Å². The molecule has 2 amide bonds. The Kier molecular flexibility index (Phi) is 8.43. The van der Waals surface area contributed by atoms with Gasteiger partial charge in [0.1, 0.15) is 5.75 Å². The molecule has 3 aromatic carbocycles. The number of benzene rings is 3. The molecule has 3 N–H and O–H groups in total. The van der Waals surface area contributed by atoms with Crippen molar-refractivity contribution >= 4 is 68.1 Å². The van der Waals surface area contributed by atoms with Crippen LogP contribution in [-0.2, 0) is 0 Å². The average molecular weight is 547 g/mol. The fourth-order valence-electron chi connectivity index (χ4n) is 2.88. The molecular formula is C24H21BrClN3O3S. The van der Waals surface area contributed by atoms with Crippen LogP contribution in [0.25, 0.3) is 0 Å². The van der Waals surface area contributed by atoms with E-state index in [4.69, 9.17) is 28.6 Å². The first kappa shape index (κ1) is 24.7. The first-order valence-electron chi connectivity index (χ1n) is 9.97. The van der Waals surface area contributed by atoms with Gasteiger partial charge < -0.3 is 15.4 Å². The van der Waals surface area contributed by atoms with Crippen molar-refractivity contribution in [2.45, 2.75) is 20.0 Å². The Balaban J connectivity index is 1.67. The van der Waals surface area contributed by atoms with Gasteiger partial charge >= 0.3 is 0 Å². The standard InChI is InChI=1S/C24H21BrClN3O3S/c1-14(2)32-21-10-9-16(25)12-20(21)23(31)29-24(33)28-18-7-3-5-15(11-18)22(30)27-19-8-4-6-17(26)13-19/h3-14H,1-2H3,(H,27,30)(H2,28,29,31,33). The van der Waals surface area contributed by atoms with E-state index in [1.807, 2.05) is 13.8 Å². The Labute approximate surface area is 210 Å². The second kappa shape index (κ2) is 11.3. The van der Waals surface area contributed by atoms with Crippen LogP contribution < -0.4 is 20.7 Å². The van der Waals surface area contributed by atoms with Crippen molar-refractivity contribution in [3.8, 4) is 5.75 Å². The van der Waals surface area contributed by atoms with Crippen LogP contribution >= 0.6 is 39.7 Å². The van der Waals surface area contributed by atoms with Crippen LogP contribution in [0.15, 0.2) is 71.2 Å². The lowest BCUT2D eigenvalue weighted by Gasteiger charge is -2.15. The molecule has 0 aromatic heterocycles. The number of carbonyl (C=O) groups excluding carboxylic acids is 2. The Morgan fingerprint density at radius 3 is 2.33 bits per heavy atom. The van der Waals surface area contributed by atoms with Crippen LogP contribution in [0.3, 0.4) is 0 Å². The predicted molar refractivity (Wildman–Crippen MR) is 139 cm³/mol. The summed E-state index contributed by atoms with van der Waals surface area (Å²) < 4.78 is 6.46. The molecule has 33 heavy (non-hydrogen) atoms. The van der Waals surface area contributed by atoms with Crippen LogP contribution in [0.4, 0.5) is 11.4 Å². The second-order valence-electron chi connectivity index (χ2n) is 7.26. The molecular weight excluding hydrogens is 526 g/mol. The molecule has 9 heteroatoms. The third-order valence-electron chi connectivity index (χ3n) is 4.24. The topological polar surface area (TPSA) is 79.5 Å². The van der Waals surface area contributed by atoms with Crippen molar-refractivity contribution in [1.82, 2.24) is 5.32 Å². The number of halogens is 2. The maximum Gasteiger partial charge on any atom is 0.261 e. The van der Waals surface area contributed by atoms with Crippen molar-refractivity contribution in [3.05, 3.63) is 87.4 Å². The first-order valence-corrected chi connectivity index (χ1v) is 11.5. The Morgan fingerprint density at radius 2 is 1.64 bits per heavy atom. The summed E-state index contributed by atoms with van der Waals surface area (Å²) in [5, 5.41) is 8.98. The highest BCUT2D eigenvalue weighted by Gasteiger charge is 2.16. The molecule has 0 saturated carbocycles. The molecule has 0 saturated heterocycles. The summed E-state index contributed by atoms with van der Waals surface area (Å²) in [6.07, 6.45) is -0.0939. The molecule has 0 fully saturated rings. The van der Waals surface area contributed by atoms with Crippen molar-refractivity contribution in [1.29, 1.82) is 0 Å². The number of hydrogen-bond acceptors (Lipinski definition) is 4. The van der Waals surface area contributed by atoms with E-state index in [0.29, 0.717) is 33.3 Å². The van der Waals surface area contributed by atoms with Gasteiger partial charge in [-0.15, -0.1) is 0 Å². The molecule has 0 heterocycles. The summed E-state index contributed by atoms with van der Waals surface area (Å²) in [6.45, 7) is 3.76. The molecule has 0 aliphatic rings. The molecule has 170 valence electrons. The summed E-state index contributed by atoms with van der Waals surface area (Å²) in [5.41, 5.74) is 1.89. The van der Waals surface area contributed by atoms with Crippen LogP contribution in [0.2, 0.25) is 5.02 Å². The van der Waals surface area contributed by atoms with E-state index in [1.54, 1.807) is 66.7 Å². The number of rotatable bonds is 6. The lowest BCUT2D eigenvalue weighted by molar-refractivity contribution is 0.0970. The zero-order valence-electron chi connectivity index (χ0n) is 17.8. The summed E-state index contributed by atoms with van der Waals surface area (Å²) in [5.74, 6) is -0.270. The molecule has 0 atom stereocenters. The van der Waals surface area contributed by atoms with Crippen LogP contribution in [0.1, 0.15) is 34.6 Å². The largest absolute Gasteiger partial charge is 0.490 e. The molecule has 0 unspecified atom stereocenters. The maximum absolute atomic E-state index is 12.8. The van der Waals surface area contributed by atoms with Gasteiger partial charge in [-0.1, -0.05) is 39.7 Å². The lowest BCUT2D eigenvalue weighted by atomic mass is 10.1. The number of thiocarbonyl (C=S) groups is 1. The molecule has 0 spiro atoms. The second-order valence-corrected chi connectivity index (χ2v) is 9.02. The van der Waals surface area contributed by atoms with Gasteiger partial charge in [0.25, 0.3) is 11.8 Å². The van der Waals surface area contributed by atoms with Crippen molar-refractivity contribution in [2.24, 2.45) is 0 Å². The molecule has 0 radical (unpaired) electrons. The Bertz CT molecular complexity index is 1200. The number of hydrogen-bond donors (Lipinski definition) is 3. The molecule has 6 nitrogen and oxygen atoms in total. The highest BCUT2D eigenvalue weighted by Crippen LogP contribution is 2.24. The summed E-state index contributed by atoms with van der Waals surface area (Å²) in [7, 11) is 0. The number of carbonyl (C=O) groups is 2. The number of nitrogens with one attached hydrogen (secondary N) is 3. The zero-order valence-corrected chi connectivity index (χ0v) is 21.0. The number of amides is 2. The maximum atomic E-state index is 12.8. The number of anilines is 2. The minimum Gasteiger partial charge on any atom is -0.490 e. The van der Waals surface area contributed by atoms with E-state index >= 15 is 0 Å². The predicted octanol–water partition coefficient (Wildman–Crippen LogP) is 6.27. The van der Waals surface area contributed by atoms with Crippen LogP contribution in [0, 0.1) is 0 Å². The van der Waals surface area contributed by atoms with Gasteiger partial charge in [-0.25, -0.2) is 0 Å². The molecule has 3 aromatic rings. The zero-order chi connectivity index (χ0) is 24.0. The van der Waals surface area contributed by atoms with Gasteiger partial charge in [0.2, 0.25) is 0 Å². The van der Waals surface area contributed by atoms with Crippen molar-refractivity contribution < 1.29 is 14.3 Å². The van der Waals surface area contributed by atoms with E-state index in [1.165, 1.54) is 0 Å². The highest BCUT2D eigenvalue weighted by molar-refractivity contribution is 9.10. The Hall–Kier alpha value is -2.94. The van der Waals surface area contributed by atoms with Gasteiger partial charge in [-0.3, -0.25) is 14.9 Å². The summed E-state index contributed by atoms with van der Waals surface area (Å²) >= 11 is 14.6. The molecule has 0 bridgehead atoms. The third kappa shape index (κ3) is 7.28. The van der Waals surface area contributed by atoms with Gasteiger partial charge in [0, 0.05) is 26.4 Å². The highest BCUT2D eigenvalue weighted by atomic mass is 79.9. The van der Waals surface area contributed by atoms with Crippen molar-refractivity contribution in [2.75, 3.05) is 10.6 Å². The summed E-state index contributed by atoms with van der Waals surface area (Å²) in [6, 6.07) is 18.8. The fraction of sp³-hybridized carbons (Fsp3) is 0.125. The van der Waals surface area contributed by atoms with Crippen LogP contribution in [-0.4, -0.2) is 23.0 Å². The minimum absolute atomic E-state index is 0.0860. The van der Waals surface area contributed by atoms with Crippen LogP contribution in [0.5, 0.6) is 5.75 Å². The SMILES string of the molecule is CC(C)Oc1ccc(Br)cc1C(=O)NC(=S)Nc1cccc(C(=O)Nc2cccc(Cl)c2)c1. The van der Waals surface area contributed by atoms with E-state index < -0.39 is 5.91 Å². The number of ether oxygens (including phenoxy) is 1. The van der Waals surface area contributed by atoms with E-state index in [9.17, 15) is 9.59 Å². The lowest BCUT2D eigenvalue weighted by Crippen LogP contribution is -2.34. The average Bonchev–Trinajstić information content (AvgIpc) is 2.74. The minimum atomic E-state index is -0.417. The normalized spacial score (nSPS) is 10.5. The Morgan fingerprint density at radius 1 is 0.939 bits per heavy atom. The van der Waals surface area contributed by atoms with E-state index in [0.717, 1.165) is 4.47 Å². The van der Waals surface area contributed by atoms with E-state index in [-0.39, 0.29) is 17.1 Å². The van der Waals surface area contributed by atoms with Gasteiger partial charge in [0.15, 0.2) is 5.11 Å². The van der Waals surface area contributed by atoms with Gasteiger partial charge in [0.05, 0.1) is 11.7 Å². The van der Waals surface area contributed by atoms with Gasteiger partial charge in [-0.05, 0) is 80.7 Å². The molecule has 0 aliphatic heterocycles. The third-order valence-corrected chi connectivity index (χ3v) is 5.17. The summed E-state index contributed by atoms with van der Waals surface area (Å²) in [4.78, 5) is 25.4. The monoisotopic (exact) mass is 545 g/mol. The quantitative estimate of drug-likeness (QED) is 0.318. The molecule has 3 rings (SSSR count). The molecule has 0 aliphatic carbocycles. The fourth-order valence-corrected chi connectivity index (χ4v) is 3.64. The smallest absolute Gasteiger partial charge is 0.261 e. The first-order chi connectivity index (χ1) is 15.7. The van der Waals surface area contributed by atoms with Gasteiger partial charge in [-0.2, -0.15) is 0 Å².